The summed E-state index contributed by atoms with van der Waals surface area (Å²) in [7, 11) is 0. The molecule has 1 saturated heterocycles. The first-order valence-electron chi connectivity index (χ1n) is 5.00. The van der Waals surface area contributed by atoms with Gasteiger partial charge in [0.2, 0.25) is 0 Å². The zero-order valence-electron chi connectivity index (χ0n) is 8.59. The maximum absolute atomic E-state index is 12.0. The highest BCUT2D eigenvalue weighted by Gasteiger charge is 2.37. The van der Waals surface area contributed by atoms with Crippen LogP contribution in [0.2, 0.25) is 4.34 Å². The van der Waals surface area contributed by atoms with Crippen LogP contribution < -0.4 is 0 Å². The van der Waals surface area contributed by atoms with Crippen LogP contribution in [0, 0.1) is 0 Å². The number of hydrogen-bond donors (Lipinski definition) is 0. The molecule has 1 aliphatic heterocycles. The molecule has 82 valence electrons. The lowest BCUT2D eigenvalue weighted by molar-refractivity contribution is -0.136. The quantitative estimate of drug-likeness (QED) is 0.817. The maximum Gasteiger partial charge on any atom is 0.168 e. The Balaban J connectivity index is 2.03. The molecule has 2 rings (SSSR count). The molecule has 2 heterocycles. The fourth-order valence-electron chi connectivity index (χ4n) is 1.81. The van der Waals surface area contributed by atoms with E-state index in [1.807, 2.05) is 18.4 Å². The van der Waals surface area contributed by atoms with E-state index in [4.69, 9.17) is 16.3 Å². The highest BCUT2D eigenvalue weighted by molar-refractivity contribution is 7.14. The van der Waals surface area contributed by atoms with Crippen molar-refractivity contribution in [1.82, 2.24) is 0 Å². The Morgan fingerprint density at radius 1 is 1.73 bits per heavy atom. The van der Waals surface area contributed by atoms with Gasteiger partial charge in [-0.1, -0.05) is 11.6 Å². The van der Waals surface area contributed by atoms with Gasteiger partial charge in [-0.05, 0) is 36.8 Å². The summed E-state index contributed by atoms with van der Waals surface area (Å²) in [5, 5.41) is 1.93. The van der Waals surface area contributed by atoms with E-state index in [0.717, 1.165) is 22.7 Å². The van der Waals surface area contributed by atoms with E-state index in [1.165, 1.54) is 11.3 Å². The zero-order chi connectivity index (χ0) is 10.9. The minimum Gasteiger partial charge on any atom is -0.367 e. The molecule has 0 N–H and O–H groups in total. The summed E-state index contributed by atoms with van der Waals surface area (Å²) < 4.78 is 6.23. The number of halogens is 1. The Bertz CT molecular complexity index is 366. The van der Waals surface area contributed by atoms with Crippen LogP contribution in [-0.2, 0) is 16.0 Å². The molecule has 15 heavy (non-hydrogen) atoms. The van der Waals surface area contributed by atoms with Crippen molar-refractivity contribution in [2.75, 3.05) is 6.61 Å². The second kappa shape index (κ2) is 4.24. The molecule has 1 aromatic heterocycles. The van der Waals surface area contributed by atoms with E-state index in [0.29, 0.717) is 13.0 Å². The highest BCUT2D eigenvalue weighted by Crippen LogP contribution is 2.28. The first-order valence-corrected chi connectivity index (χ1v) is 6.26. The van der Waals surface area contributed by atoms with Gasteiger partial charge in [-0.15, -0.1) is 11.3 Å². The molecular weight excluding hydrogens is 232 g/mol. The van der Waals surface area contributed by atoms with Crippen LogP contribution >= 0.6 is 22.9 Å². The Morgan fingerprint density at radius 2 is 2.53 bits per heavy atom. The van der Waals surface area contributed by atoms with E-state index in [9.17, 15) is 4.79 Å². The molecule has 1 unspecified atom stereocenters. The van der Waals surface area contributed by atoms with Gasteiger partial charge in [0, 0.05) is 13.0 Å². The first-order chi connectivity index (χ1) is 7.10. The zero-order valence-corrected chi connectivity index (χ0v) is 10.2. The lowest BCUT2D eigenvalue weighted by atomic mass is 9.93. The number of Topliss-reactive ketones (excluding diaryl/α,β-unsaturated/α-hetero) is 1. The van der Waals surface area contributed by atoms with Gasteiger partial charge < -0.3 is 4.74 Å². The minimum atomic E-state index is -0.561. The number of ketones is 1. The smallest absolute Gasteiger partial charge is 0.168 e. The van der Waals surface area contributed by atoms with Gasteiger partial charge in [0.05, 0.1) is 4.34 Å². The van der Waals surface area contributed by atoms with Crippen LogP contribution in [0.1, 0.15) is 25.3 Å². The average molecular weight is 245 g/mol. The second-order valence-electron chi connectivity index (χ2n) is 4.04. The van der Waals surface area contributed by atoms with Gasteiger partial charge >= 0.3 is 0 Å². The van der Waals surface area contributed by atoms with Gasteiger partial charge in [0.15, 0.2) is 5.78 Å². The Hall–Kier alpha value is -0.380. The second-order valence-corrected chi connectivity index (χ2v) is 5.58. The largest absolute Gasteiger partial charge is 0.367 e. The van der Waals surface area contributed by atoms with Gasteiger partial charge in [-0.3, -0.25) is 4.79 Å². The maximum atomic E-state index is 12.0. The number of ether oxygens (including phenoxy) is 1. The molecule has 0 bridgehead atoms. The normalized spacial score (nSPS) is 25.7. The summed E-state index contributed by atoms with van der Waals surface area (Å²) in [5.41, 5.74) is 0.431. The monoisotopic (exact) mass is 244 g/mol. The number of thiophene rings is 1. The number of carbonyl (C=O) groups excluding carboxylic acids is 1. The van der Waals surface area contributed by atoms with E-state index in [2.05, 4.69) is 0 Å². The third-order valence-corrected chi connectivity index (χ3v) is 3.94. The van der Waals surface area contributed by atoms with Gasteiger partial charge in [0.25, 0.3) is 0 Å². The fourth-order valence-corrected chi connectivity index (χ4v) is 2.72. The molecule has 1 atom stereocenters. The van der Waals surface area contributed by atoms with Crippen LogP contribution in [0.15, 0.2) is 11.4 Å². The van der Waals surface area contributed by atoms with Crippen LogP contribution in [0.4, 0.5) is 0 Å². The van der Waals surface area contributed by atoms with Crippen molar-refractivity contribution in [1.29, 1.82) is 0 Å². The standard InChI is InChI=1S/C11H13ClO2S/c1-11(3-2-4-14-11)9(13)5-8-6-10(12)15-7-8/h6-7H,2-5H2,1H3. The average Bonchev–Trinajstić information content (AvgIpc) is 2.76. The van der Waals surface area contributed by atoms with E-state index in [-0.39, 0.29) is 5.78 Å². The van der Waals surface area contributed by atoms with Crippen molar-refractivity contribution in [3.05, 3.63) is 21.3 Å². The third kappa shape index (κ3) is 2.41. The lowest BCUT2D eigenvalue weighted by Crippen LogP contribution is -2.35. The number of rotatable bonds is 3. The minimum absolute atomic E-state index is 0.162. The van der Waals surface area contributed by atoms with Crippen molar-refractivity contribution >= 4 is 28.7 Å². The highest BCUT2D eigenvalue weighted by atomic mass is 35.5. The summed E-state index contributed by atoms with van der Waals surface area (Å²) >= 11 is 7.27. The van der Waals surface area contributed by atoms with E-state index in [1.54, 1.807) is 0 Å². The summed E-state index contributed by atoms with van der Waals surface area (Å²) in [5.74, 6) is 0.162. The Labute approximate surface area is 98.2 Å². The number of carbonyl (C=O) groups is 1. The first kappa shape index (κ1) is 11.1. The van der Waals surface area contributed by atoms with Crippen molar-refractivity contribution in [3.8, 4) is 0 Å². The molecule has 1 fully saturated rings. The van der Waals surface area contributed by atoms with E-state index < -0.39 is 5.60 Å². The van der Waals surface area contributed by atoms with Crippen molar-refractivity contribution in [3.63, 3.8) is 0 Å². The molecule has 4 heteroatoms. The molecular formula is C11H13ClO2S. The Morgan fingerprint density at radius 3 is 3.07 bits per heavy atom. The Kier molecular flexibility index (Phi) is 3.14. The van der Waals surface area contributed by atoms with Crippen molar-refractivity contribution < 1.29 is 9.53 Å². The molecule has 0 radical (unpaired) electrons. The summed E-state index contributed by atoms with van der Waals surface area (Å²) in [4.78, 5) is 12.0. The molecule has 0 amide bonds. The summed E-state index contributed by atoms with van der Waals surface area (Å²) in [6.45, 7) is 2.59. The lowest BCUT2D eigenvalue weighted by Gasteiger charge is -2.20. The van der Waals surface area contributed by atoms with Gasteiger partial charge in [-0.25, -0.2) is 0 Å². The third-order valence-electron chi connectivity index (χ3n) is 2.80. The molecule has 0 saturated carbocycles. The predicted molar refractivity (Wildman–Crippen MR) is 61.6 cm³/mol. The molecule has 1 aromatic rings. The predicted octanol–water partition coefficient (Wildman–Crippen LogP) is 3.08. The van der Waals surface area contributed by atoms with Crippen molar-refractivity contribution in [2.24, 2.45) is 0 Å². The summed E-state index contributed by atoms with van der Waals surface area (Å²) in [6.07, 6.45) is 2.25. The van der Waals surface area contributed by atoms with E-state index >= 15 is 0 Å². The van der Waals surface area contributed by atoms with Crippen LogP contribution in [-0.4, -0.2) is 18.0 Å². The summed E-state index contributed by atoms with van der Waals surface area (Å²) in [6, 6.07) is 1.85. The molecule has 2 nitrogen and oxygen atoms in total. The molecule has 1 aliphatic rings. The van der Waals surface area contributed by atoms with Crippen LogP contribution in [0.3, 0.4) is 0 Å². The fraction of sp³-hybridized carbons (Fsp3) is 0.545. The molecule has 0 aromatic carbocycles. The topological polar surface area (TPSA) is 26.3 Å². The van der Waals surface area contributed by atoms with Crippen LogP contribution in [0.25, 0.3) is 0 Å². The van der Waals surface area contributed by atoms with Crippen LogP contribution in [0.5, 0.6) is 0 Å². The number of hydrogen-bond acceptors (Lipinski definition) is 3. The van der Waals surface area contributed by atoms with Crippen molar-refractivity contribution in [2.45, 2.75) is 31.8 Å². The van der Waals surface area contributed by atoms with Gasteiger partial charge in [-0.2, -0.15) is 0 Å². The molecule has 0 spiro atoms. The SMILES string of the molecule is CC1(C(=O)Cc2csc(Cl)c2)CCCO1. The van der Waals surface area contributed by atoms with Gasteiger partial charge in [0.1, 0.15) is 5.60 Å². The molecule has 0 aliphatic carbocycles.